The van der Waals surface area contributed by atoms with Gasteiger partial charge in [0.2, 0.25) is 0 Å². The maximum atomic E-state index is 13.1. The van der Waals surface area contributed by atoms with Crippen molar-refractivity contribution in [3.05, 3.63) is 117 Å². The van der Waals surface area contributed by atoms with Gasteiger partial charge in [-0.2, -0.15) is 5.10 Å². The lowest BCUT2D eigenvalue weighted by atomic mass is 10.2. The number of benzene rings is 2. The number of nitrogens with zero attached hydrogens (tertiary/aromatic N) is 5. The van der Waals surface area contributed by atoms with Crippen LogP contribution in [0.3, 0.4) is 0 Å². The first-order valence-corrected chi connectivity index (χ1v) is 12.3. The highest BCUT2D eigenvalue weighted by Gasteiger charge is 2.17. The number of aromatic nitrogens is 5. The summed E-state index contributed by atoms with van der Waals surface area (Å²) in [5, 5.41) is 13.0. The van der Waals surface area contributed by atoms with Crippen molar-refractivity contribution in [3.63, 3.8) is 0 Å². The number of carbonyl (C=O) groups excluding carboxylic acids is 1. The Morgan fingerprint density at radius 1 is 0.889 bits per heavy atom. The third kappa shape index (κ3) is 4.09. The average molecular weight is 495 g/mol. The quantitative estimate of drug-likeness (QED) is 0.368. The number of amides is 1. The first-order valence-electron chi connectivity index (χ1n) is 11.5. The fraction of sp³-hybridized carbons (Fsp3) is 0.111. The second kappa shape index (κ2) is 8.94. The van der Waals surface area contributed by atoms with Crippen molar-refractivity contribution >= 4 is 38.8 Å². The van der Waals surface area contributed by atoms with Crippen LogP contribution in [0.4, 0.5) is 5.69 Å². The van der Waals surface area contributed by atoms with Gasteiger partial charge in [0.15, 0.2) is 5.65 Å². The Kier molecular flexibility index (Phi) is 5.46. The molecule has 0 aliphatic carbocycles. The summed E-state index contributed by atoms with van der Waals surface area (Å²) in [5.41, 5.74) is 3.97. The highest BCUT2D eigenvalue weighted by molar-refractivity contribution is 7.20. The Bertz CT molecular complexity index is 1780. The van der Waals surface area contributed by atoms with E-state index in [-0.39, 0.29) is 11.6 Å². The number of carbonyl (C=O) groups is 1. The van der Waals surface area contributed by atoms with Crippen LogP contribution in [0.15, 0.2) is 89.9 Å². The Balaban J connectivity index is 1.22. The van der Waals surface area contributed by atoms with Gasteiger partial charge in [0.05, 0.1) is 23.7 Å². The molecule has 0 saturated carbocycles. The van der Waals surface area contributed by atoms with Crippen molar-refractivity contribution in [3.8, 4) is 0 Å². The van der Waals surface area contributed by atoms with E-state index in [0.717, 1.165) is 27.0 Å². The van der Waals surface area contributed by atoms with E-state index in [4.69, 9.17) is 0 Å². The van der Waals surface area contributed by atoms with Gasteiger partial charge in [0.25, 0.3) is 5.91 Å². The molecule has 0 bridgehead atoms. The molecule has 0 aliphatic rings. The zero-order valence-electron chi connectivity index (χ0n) is 19.5. The van der Waals surface area contributed by atoms with Crippen molar-refractivity contribution in [2.75, 3.05) is 5.32 Å². The van der Waals surface area contributed by atoms with Gasteiger partial charge in [-0.1, -0.05) is 48.5 Å². The molecule has 2 aromatic carbocycles. The molecule has 4 aromatic heterocycles. The zero-order chi connectivity index (χ0) is 24.6. The predicted molar refractivity (Wildman–Crippen MR) is 141 cm³/mol. The summed E-state index contributed by atoms with van der Waals surface area (Å²) in [7, 11) is 0. The van der Waals surface area contributed by atoms with Crippen molar-refractivity contribution in [1.82, 2.24) is 24.0 Å². The van der Waals surface area contributed by atoms with Crippen LogP contribution < -0.4 is 11.0 Å². The molecule has 1 N–H and O–H groups in total. The third-order valence-corrected chi connectivity index (χ3v) is 7.16. The van der Waals surface area contributed by atoms with Crippen LogP contribution in [0, 0.1) is 6.92 Å². The number of hydrogen-bond acceptors (Lipinski definition) is 5. The maximum Gasteiger partial charge on any atom is 0.350 e. The predicted octanol–water partition coefficient (Wildman–Crippen LogP) is 4.56. The Morgan fingerprint density at radius 2 is 1.67 bits per heavy atom. The molecule has 0 fully saturated rings. The van der Waals surface area contributed by atoms with E-state index in [2.05, 4.69) is 27.6 Å². The minimum atomic E-state index is -0.203. The van der Waals surface area contributed by atoms with Crippen LogP contribution >= 0.6 is 11.3 Å². The topological polar surface area (TPSA) is 86.2 Å². The highest BCUT2D eigenvalue weighted by atomic mass is 32.1. The molecule has 9 heteroatoms. The second-order valence-corrected chi connectivity index (χ2v) is 9.61. The van der Waals surface area contributed by atoms with Gasteiger partial charge in [-0.3, -0.25) is 13.9 Å². The lowest BCUT2D eigenvalue weighted by Crippen LogP contribution is -2.21. The van der Waals surface area contributed by atoms with Crippen LogP contribution in [0.5, 0.6) is 0 Å². The fourth-order valence-corrected chi connectivity index (χ4v) is 5.33. The summed E-state index contributed by atoms with van der Waals surface area (Å²) < 4.78 is 4.88. The molecule has 6 rings (SSSR count). The summed E-state index contributed by atoms with van der Waals surface area (Å²) in [6.07, 6.45) is 1.70. The molecular weight excluding hydrogens is 472 g/mol. The van der Waals surface area contributed by atoms with Gasteiger partial charge in [-0.05, 0) is 48.4 Å². The summed E-state index contributed by atoms with van der Waals surface area (Å²) >= 11 is 1.43. The number of fused-ring (bicyclic) bond motifs is 2. The van der Waals surface area contributed by atoms with Crippen LogP contribution in [-0.2, 0) is 13.1 Å². The molecular formula is C27H22N6O2S. The van der Waals surface area contributed by atoms with Crippen molar-refractivity contribution in [2.45, 2.75) is 20.0 Å². The summed E-state index contributed by atoms with van der Waals surface area (Å²) in [5.74, 6) is -0.177. The normalized spacial score (nSPS) is 11.4. The minimum Gasteiger partial charge on any atom is -0.321 e. The molecule has 178 valence electrons. The Morgan fingerprint density at radius 3 is 2.50 bits per heavy atom. The molecule has 0 unspecified atom stereocenters. The molecule has 0 radical (unpaired) electrons. The number of aryl methyl sites for hydroxylation is 1. The van der Waals surface area contributed by atoms with Crippen LogP contribution in [0.25, 0.3) is 15.9 Å². The molecule has 1 amide bonds. The van der Waals surface area contributed by atoms with E-state index in [1.165, 1.54) is 20.4 Å². The van der Waals surface area contributed by atoms with Gasteiger partial charge >= 0.3 is 5.69 Å². The van der Waals surface area contributed by atoms with E-state index < -0.39 is 0 Å². The lowest BCUT2D eigenvalue weighted by molar-refractivity contribution is 0.103. The van der Waals surface area contributed by atoms with Gasteiger partial charge in [-0.15, -0.1) is 16.4 Å². The van der Waals surface area contributed by atoms with Crippen LogP contribution in [-0.4, -0.2) is 29.9 Å². The minimum absolute atomic E-state index is 0.177. The van der Waals surface area contributed by atoms with Crippen molar-refractivity contribution in [2.24, 2.45) is 0 Å². The zero-order valence-corrected chi connectivity index (χ0v) is 20.3. The third-order valence-electron chi connectivity index (χ3n) is 6.01. The standard InChI is InChI=1S/C27H22N6O2S/c1-18-22-15-23(36-26(22)32(29-18)16-19-8-3-2-4-9-19)25(34)28-21-11-7-10-20(14-21)17-33-27(35)31-13-6-5-12-24(31)30-33/h2-15H,16-17H2,1H3,(H,28,34). The molecule has 6 aromatic rings. The smallest absolute Gasteiger partial charge is 0.321 e. The second-order valence-electron chi connectivity index (χ2n) is 8.58. The highest BCUT2D eigenvalue weighted by Crippen LogP contribution is 2.29. The first-order chi connectivity index (χ1) is 17.5. The monoisotopic (exact) mass is 494 g/mol. The van der Waals surface area contributed by atoms with Crippen molar-refractivity contribution < 1.29 is 4.79 Å². The van der Waals surface area contributed by atoms with E-state index in [1.807, 2.05) is 66.2 Å². The summed E-state index contributed by atoms with van der Waals surface area (Å²) in [6, 6.07) is 25.0. The van der Waals surface area contributed by atoms with E-state index >= 15 is 0 Å². The number of rotatable bonds is 6. The molecule has 8 nitrogen and oxygen atoms in total. The largest absolute Gasteiger partial charge is 0.350 e. The van der Waals surface area contributed by atoms with Gasteiger partial charge < -0.3 is 5.32 Å². The van der Waals surface area contributed by atoms with Crippen LogP contribution in [0.2, 0.25) is 0 Å². The number of pyridine rings is 1. The Hall–Kier alpha value is -4.50. The summed E-state index contributed by atoms with van der Waals surface area (Å²) in [6.45, 7) is 2.92. The Labute approximate surface area is 210 Å². The molecule has 0 spiro atoms. The molecule has 0 atom stereocenters. The van der Waals surface area contributed by atoms with Gasteiger partial charge in [0, 0.05) is 17.3 Å². The average Bonchev–Trinajstić information content (AvgIpc) is 3.55. The van der Waals surface area contributed by atoms with E-state index in [0.29, 0.717) is 29.3 Å². The summed E-state index contributed by atoms with van der Waals surface area (Å²) in [4.78, 5) is 27.3. The lowest BCUT2D eigenvalue weighted by Gasteiger charge is -2.07. The first kappa shape index (κ1) is 22.0. The number of nitrogens with one attached hydrogen (secondary N) is 1. The SMILES string of the molecule is Cc1nn(Cc2ccccc2)c2sc(C(=O)Nc3cccc(Cn4nc5ccccn5c4=O)c3)cc12. The molecule has 0 saturated heterocycles. The van der Waals surface area contributed by atoms with Gasteiger partial charge in [-0.25, -0.2) is 9.48 Å². The number of thiophene rings is 1. The molecule has 0 aliphatic heterocycles. The van der Waals surface area contributed by atoms with Gasteiger partial charge in [0.1, 0.15) is 4.83 Å². The number of anilines is 1. The number of hydrogen-bond donors (Lipinski definition) is 1. The van der Waals surface area contributed by atoms with E-state index in [1.54, 1.807) is 18.3 Å². The van der Waals surface area contributed by atoms with Crippen LogP contribution in [0.1, 0.15) is 26.5 Å². The molecule has 4 heterocycles. The van der Waals surface area contributed by atoms with E-state index in [9.17, 15) is 9.59 Å². The van der Waals surface area contributed by atoms with Crippen molar-refractivity contribution in [1.29, 1.82) is 0 Å². The maximum absolute atomic E-state index is 13.1. The molecule has 36 heavy (non-hydrogen) atoms. The fourth-order valence-electron chi connectivity index (χ4n) is 4.27.